The maximum atomic E-state index is 12.9. The zero-order valence-electron chi connectivity index (χ0n) is 13.5. The van der Waals surface area contributed by atoms with Crippen molar-refractivity contribution in [2.24, 2.45) is 0 Å². The van der Waals surface area contributed by atoms with Crippen molar-refractivity contribution in [1.29, 1.82) is 0 Å². The van der Waals surface area contributed by atoms with Crippen molar-refractivity contribution in [3.8, 4) is 10.4 Å². The molecule has 0 saturated heterocycles. The van der Waals surface area contributed by atoms with Crippen molar-refractivity contribution in [3.05, 3.63) is 64.8 Å². The second-order valence-corrected chi connectivity index (χ2v) is 6.87. The van der Waals surface area contributed by atoms with Crippen LogP contribution < -0.4 is 5.32 Å². The van der Waals surface area contributed by atoms with Gasteiger partial charge in [0, 0.05) is 22.5 Å². The SMILES string of the molecule is Br.FC(F)(F)c1cc(Nc2ncc(-c3ccccc3Cl)s2)cc(C(F)(F)F)c1. The molecule has 0 amide bonds. The van der Waals surface area contributed by atoms with E-state index in [1.54, 1.807) is 24.3 Å². The molecule has 1 aromatic heterocycles. The molecule has 2 nitrogen and oxygen atoms in total. The summed E-state index contributed by atoms with van der Waals surface area (Å²) in [5.41, 5.74) is -2.51. The van der Waals surface area contributed by atoms with E-state index in [4.69, 9.17) is 11.6 Å². The second kappa shape index (κ2) is 8.30. The summed E-state index contributed by atoms with van der Waals surface area (Å²) >= 11 is 7.13. The first-order valence-corrected chi connectivity index (χ1v) is 8.51. The number of rotatable bonds is 3. The van der Waals surface area contributed by atoms with Crippen molar-refractivity contribution in [2.75, 3.05) is 5.32 Å². The smallest absolute Gasteiger partial charge is 0.332 e. The number of alkyl halides is 6. The van der Waals surface area contributed by atoms with Crippen LogP contribution in [0.5, 0.6) is 0 Å². The van der Waals surface area contributed by atoms with Crippen LogP contribution in [0.25, 0.3) is 10.4 Å². The number of benzene rings is 2. The van der Waals surface area contributed by atoms with Crippen LogP contribution in [0.3, 0.4) is 0 Å². The molecule has 0 atom stereocenters. The van der Waals surface area contributed by atoms with Gasteiger partial charge in [-0.05, 0) is 24.3 Å². The summed E-state index contributed by atoms with van der Waals surface area (Å²) in [5.74, 6) is 0. The van der Waals surface area contributed by atoms with Crippen LogP contribution in [0.15, 0.2) is 48.7 Å². The van der Waals surface area contributed by atoms with Crippen molar-refractivity contribution in [1.82, 2.24) is 4.98 Å². The van der Waals surface area contributed by atoms with E-state index in [1.165, 1.54) is 6.20 Å². The maximum Gasteiger partial charge on any atom is 0.416 e. The van der Waals surface area contributed by atoms with Gasteiger partial charge >= 0.3 is 12.4 Å². The third-order valence-electron chi connectivity index (χ3n) is 3.48. The number of anilines is 2. The van der Waals surface area contributed by atoms with Gasteiger partial charge in [-0.15, -0.1) is 17.0 Å². The summed E-state index contributed by atoms with van der Waals surface area (Å²) in [6, 6.07) is 8.14. The molecular weight excluding hydrogens is 494 g/mol. The van der Waals surface area contributed by atoms with Gasteiger partial charge in [-0.2, -0.15) is 26.3 Å². The Morgan fingerprint density at radius 3 is 2.00 bits per heavy atom. The summed E-state index contributed by atoms with van der Waals surface area (Å²) in [7, 11) is 0. The normalized spacial score (nSPS) is 11.8. The first-order valence-electron chi connectivity index (χ1n) is 7.31. The first-order chi connectivity index (χ1) is 12.5. The number of nitrogens with one attached hydrogen (secondary N) is 1. The van der Waals surface area contributed by atoms with E-state index in [1.807, 2.05) is 0 Å². The highest BCUT2D eigenvalue weighted by Crippen LogP contribution is 2.39. The molecule has 3 rings (SSSR count). The fraction of sp³-hybridized carbons (Fsp3) is 0.118. The highest BCUT2D eigenvalue weighted by atomic mass is 79.9. The highest BCUT2D eigenvalue weighted by molar-refractivity contribution is 8.93. The molecule has 0 bridgehead atoms. The first kappa shape index (κ1) is 22.5. The van der Waals surface area contributed by atoms with E-state index in [2.05, 4.69) is 10.3 Å². The fourth-order valence-electron chi connectivity index (χ4n) is 2.27. The monoisotopic (exact) mass is 502 g/mol. The molecule has 0 radical (unpaired) electrons. The number of aromatic nitrogens is 1. The Hall–Kier alpha value is -1.78. The van der Waals surface area contributed by atoms with Crippen LogP contribution in [0, 0.1) is 0 Å². The molecule has 0 aliphatic heterocycles. The van der Waals surface area contributed by atoms with Crippen LogP contribution in [-0.2, 0) is 12.4 Å². The van der Waals surface area contributed by atoms with Gasteiger partial charge in [0.2, 0.25) is 0 Å². The largest absolute Gasteiger partial charge is 0.416 e. The van der Waals surface area contributed by atoms with E-state index >= 15 is 0 Å². The van der Waals surface area contributed by atoms with E-state index in [0.29, 0.717) is 27.6 Å². The molecule has 2 aromatic carbocycles. The Bertz CT molecular complexity index is 939. The quantitative estimate of drug-likeness (QED) is 0.369. The number of hydrogen-bond donors (Lipinski definition) is 1. The molecule has 150 valence electrons. The fourth-order valence-corrected chi connectivity index (χ4v) is 3.44. The highest BCUT2D eigenvalue weighted by Gasteiger charge is 2.37. The van der Waals surface area contributed by atoms with Crippen LogP contribution in [0.4, 0.5) is 37.2 Å². The predicted octanol–water partition coefficient (Wildman–Crippen LogP) is 7.82. The van der Waals surface area contributed by atoms with Gasteiger partial charge in [0.25, 0.3) is 0 Å². The zero-order valence-corrected chi connectivity index (χ0v) is 16.8. The van der Waals surface area contributed by atoms with Gasteiger partial charge in [-0.25, -0.2) is 4.98 Å². The topological polar surface area (TPSA) is 24.9 Å². The molecule has 0 saturated carbocycles. The van der Waals surface area contributed by atoms with E-state index in [-0.39, 0.29) is 33.9 Å². The second-order valence-electron chi connectivity index (χ2n) is 5.43. The van der Waals surface area contributed by atoms with Crippen molar-refractivity contribution in [2.45, 2.75) is 12.4 Å². The molecule has 0 aliphatic rings. The Kier molecular flexibility index (Phi) is 6.67. The van der Waals surface area contributed by atoms with Gasteiger partial charge in [-0.1, -0.05) is 41.1 Å². The van der Waals surface area contributed by atoms with Gasteiger partial charge in [-0.3, -0.25) is 0 Å². The molecule has 3 aromatic rings. The molecule has 0 fully saturated rings. The summed E-state index contributed by atoms with van der Waals surface area (Å²) in [6.45, 7) is 0. The third-order valence-corrected chi connectivity index (χ3v) is 4.76. The standard InChI is InChI=1S/C17H9ClF6N2S.BrH/c18-13-4-2-1-3-12(13)14-8-25-15(27-14)26-11-6-9(16(19,20)21)5-10(7-11)17(22,23)24;/h1-8H,(H,25,26);1H. The number of halogens is 8. The van der Waals surface area contributed by atoms with Crippen LogP contribution in [0.1, 0.15) is 11.1 Å². The average Bonchev–Trinajstić information content (AvgIpc) is 3.01. The van der Waals surface area contributed by atoms with Gasteiger partial charge in [0.1, 0.15) is 0 Å². The van der Waals surface area contributed by atoms with Gasteiger partial charge < -0.3 is 5.32 Å². The number of hydrogen-bond acceptors (Lipinski definition) is 3. The number of thiazole rings is 1. The van der Waals surface area contributed by atoms with Crippen molar-refractivity contribution >= 4 is 50.7 Å². The van der Waals surface area contributed by atoms with Crippen LogP contribution in [0.2, 0.25) is 5.02 Å². The summed E-state index contributed by atoms with van der Waals surface area (Å²) in [6.07, 6.45) is -8.39. The average molecular weight is 504 g/mol. The summed E-state index contributed by atoms with van der Waals surface area (Å²) < 4.78 is 77.5. The molecule has 11 heteroatoms. The van der Waals surface area contributed by atoms with Crippen molar-refractivity contribution in [3.63, 3.8) is 0 Å². The predicted molar refractivity (Wildman–Crippen MR) is 103 cm³/mol. The molecule has 0 unspecified atom stereocenters. The molecular formula is C17H10BrClF6N2S. The van der Waals surface area contributed by atoms with Crippen molar-refractivity contribution < 1.29 is 26.3 Å². The minimum atomic E-state index is -4.91. The lowest BCUT2D eigenvalue weighted by Gasteiger charge is -2.14. The van der Waals surface area contributed by atoms with E-state index in [0.717, 1.165) is 11.3 Å². The minimum Gasteiger partial charge on any atom is -0.332 e. The lowest BCUT2D eigenvalue weighted by molar-refractivity contribution is -0.143. The van der Waals surface area contributed by atoms with Gasteiger partial charge in [0.15, 0.2) is 5.13 Å². The van der Waals surface area contributed by atoms with E-state index in [9.17, 15) is 26.3 Å². The Morgan fingerprint density at radius 2 is 1.46 bits per heavy atom. The Balaban J connectivity index is 0.00000280. The Morgan fingerprint density at radius 1 is 0.893 bits per heavy atom. The molecule has 1 N–H and O–H groups in total. The number of nitrogens with zero attached hydrogens (tertiary/aromatic N) is 1. The van der Waals surface area contributed by atoms with E-state index < -0.39 is 23.5 Å². The van der Waals surface area contributed by atoms with Gasteiger partial charge in [0.05, 0.1) is 16.0 Å². The molecule has 0 spiro atoms. The van der Waals surface area contributed by atoms with Crippen LogP contribution in [-0.4, -0.2) is 4.98 Å². The molecule has 1 heterocycles. The lowest BCUT2D eigenvalue weighted by Crippen LogP contribution is -2.11. The molecule has 28 heavy (non-hydrogen) atoms. The summed E-state index contributed by atoms with van der Waals surface area (Å²) in [4.78, 5) is 4.62. The molecule has 0 aliphatic carbocycles. The third kappa shape index (κ3) is 5.18. The van der Waals surface area contributed by atoms with Crippen LogP contribution >= 0.6 is 39.9 Å². The minimum absolute atomic E-state index is 0. The maximum absolute atomic E-state index is 12.9. The lowest BCUT2D eigenvalue weighted by atomic mass is 10.1. The Labute approximate surface area is 174 Å². The summed E-state index contributed by atoms with van der Waals surface area (Å²) in [5, 5.41) is 3.09. The zero-order chi connectivity index (χ0) is 19.8.